The van der Waals surface area contributed by atoms with E-state index in [0.717, 1.165) is 17.4 Å². The van der Waals surface area contributed by atoms with Gasteiger partial charge in [-0.05, 0) is 56.2 Å². The molecule has 0 saturated carbocycles. The molecule has 2 rings (SSSR count). The third-order valence-electron chi connectivity index (χ3n) is 4.01. The number of carbonyl (C=O) groups is 1. The summed E-state index contributed by atoms with van der Waals surface area (Å²) in [5.41, 5.74) is 3.10. The molecule has 1 aromatic carbocycles. The molecule has 0 unspecified atom stereocenters. The molecule has 0 aliphatic carbocycles. The first-order valence-corrected chi connectivity index (χ1v) is 11.3. The molecule has 0 bridgehead atoms. The lowest BCUT2D eigenvalue weighted by molar-refractivity contribution is -0.116. The van der Waals surface area contributed by atoms with Crippen LogP contribution in [0.1, 0.15) is 36.2 Å². The zero-order valence-electron chi connectivity index (χ0n) is 17.5. The number of rotatable bonds is 9. The largest absolute Gasteiger partial charge is 0.367 e. The van der Waals surface area contributed by atoms with Crippen molar-refractivity contribution in [2.75, 3.05) is 16.3 Å². The molecular formula is C21H27FN4O3S. The summed E-state index contributed by atoms with van der Waals surface area (Å²) in [5.74, 6) is 0.227. The monoisotopic (exact) mass is 434 g/mol. The molecule has 30 heavy (non-hydrogen) atoms. The molecular weight excluding hydrogens is 407 g/mol. The number of pyridine rings is 1. The summed E-state index contributed by atoms with van der Waals surface area (Å²) in [7, 11) is -3.35. The van der Waals surface area contributed by atoms with Gasteiger partial charge in [-0.1, -0.05) is 12.1 Å². The summed E-state index contributed by atoms with van der Waals surface area (Å²) in [6.07, 6.45) is 4.11. The van der Waals surface area contributed by atoms with Gasteiger partial charge in [0, 0.05) is 24.2 Å². The van der Waals surface area contributed by atoms with Gasteiger partial charge in [-0.25, -0.2) is 17.8 Å². The number of aromatic nitrogens is 1. The van der Waals surface area contributed by atoms with Crippen molar-refractivity contribution in [3.05, 3.63) is 58.8 Å². The molecule has 1 aromatic heterocycles. The summed E-state index contributed by atoms with van der Waals surface area (Å²) in [4.78, 5) is 16.4. The SMILES string of the molecule is Cc1cc(CNC(=O)/C=C/c2ccc(CF)nc2NC(C)C)ccc1NS(C)(=O)=O. The van der Waals surface area contributed by atoms with E-state index in [1.54, 1.807) is 37.3 Å². The molecule has 162 valence electrons. The first-order valence-electron chi connectivity index (χ1n) is 9.43. The quantitative estimate of drug-likeness (QED) is 0.526. The number of alkyl halides is 1. The Kier molecular flexibility index (Phi) is 7.93. The summed E-state index contributed by atoms with van der Waals surface area (Å²) in [6.45, 7) is 5.32. The molecule has 0 saturated heterocycles. The number of nitrogens with zero attached hydrogens (tertiary/aromatic N) is 1. The number of aryl methyl sites for hydroxylation is 1. The maximum absolute atomic E-state index is 12.9. The van der Waals surface area contributed by atoms with Crippen LogP contribution in [-0.2, 0) is 28.0 Å². The highest BCUT2D eigenvalue weighted by Gasteiger charge is 2.08. The van der Waals surface area contributed by atoms with E-state index < -0.39 is 16.7 Å². The Morgan fingerprint density at radius 3 is 2.57 bits per heavy atom. The molecule has 1 heterocycles. The zero-order chi connectivity index (χ0) is 22.3. The van der Waals surface area contributed by atoms with Gasteiger partial charge in [0.2, 0.25) is 15.9 Å². The minimum Gasteiger partial charge on any atom is -0.367 e. The Morgan fingerprint density at radius 1 is 1.23 bits per heavy atom. The maximum atomic E-state index is 12.9. The lowest BCUT2D eigenvalue weighted by Gasteiger charge is -2.12. The summed E-state index contributed by atoms with van der Waals surface area (Å²) in [5, 5.41) is 5.93. The number of sulfonamides is 1. The molecule has 0 fully saturated rings. The van der Waals surface area contributed by atoms with Crippen molar-refractivity contribution >= 4 is 33.5 Å². The van der Waals surface area contributed by atoms with Gasteiger partial charge >= 0.3 is 0 Å². The third-order valence-corrected chi connectivity index (χ3v) is 4.60. The fourth-order valence-electron chi connectivity index (χ4n) is 2.67. The van der Waals surface area contributed by atoms with Gasteiger partial charge in [-0.3, -0.25) is 9.52 Å². The molecule has 9 heteroatoms. The molecule has 0 atom stereocenters. The van der Waals surface area contributed by atoms with Crippen LogP contribution in [0, 0.1) is 6.92 Å². The van der Waals surface area contributed by atoms with E-state index >= 15 is 0 Å². The Hall–Kier alpha value is -2.94. The minimum atomic E-state index is -3.35. The van der Waals surface area contributed by atoms with E-state index in [1.165, 1.54) is 6.08 Å². The third kappa shape index (κ3) is 7.47. The Morgan fingerprint density at radius 2 is 1.97 bits per heavy atom. The second-order valence-corrected chi connectivity index (χ2v) is 9.00. The lowest BCUT2D eigenvalue weighted by Crippen LogP contribution is -2.20. The fraction of sp³-hybridized carbons (Fsp3) is 0.333. The second kappa shape index (κ2) is 10.2. The van der Waals surface area contributed by atoms with Crippen molar-refractivity contribution in [2.24, 2.45) is 0 Å². The molecule has 0 spiro atoms. The summed E-state index contributed by atoms with van der Waals surface area (Å²) < 4.78 is 38.0. The van der Waals surface area contributed by atoms with Gasteiger partial charge in [-0.2, -0.15) is 0 Å². The molecule has 7 nitrogen and oxygen atoms in total. The maximum Gasteiger partial charge on any atom is 0.244 e. The Labute approximate surface area is 176 Å². The van der Waals surface area contributed by atoms with E-state index in [2.05, 4.69) is 20.3 Å². The highest BCUT2D eigenvalue weighted by Crippen LogP contribution is 2.18. The summed E-state index contributed by atoms with van der Waals surface area (Å²) in [6, 6.07) is 8.62. The minimum absolute atomic E-state index is 0.108. The van der Waals surface area contributed by atoms with Crippen LogP contribution >= 0.6 is 0 Å². The number of hydrogen-bond donors (Lipinski definition) is 3. The van der Waals surface area contributed by atoms with Gasteiger partial charge in [0.1, 0.15) is 12.5 Å². The molecule has 1 amide bonds. The van der Waals surface area contributed by atoms with Crippen molar-refractivity contribution in [1.82, 2.24) is 10.3 Å². The smallest absolute Gasteiger partial charge is 0.244 e. The average Bonchev–Trinajstić information content (AvgIpc) is 2.65. The average molecular weight is 435 g/mol. The second-order valence-electron chi connectivity index (χ2n) is 7.25. The van der Waals surface area contributed by atoms with Crippen LogP contribution in [0.15, 0.2) is 36.4 Å². The van der Waals surface area contributed by atoms with Crippen molar-refractivity contribution < 1.29 is 17.6 Å². The van der Waals surface area contributed by atoms with Crippen molar-refractivity contribution in [3.63, 3.8) is 0 Å². The normalized spacial score (nSPS) is 11.7. The number of hydrogen-bond acceptors (Lipinski definition) is 5. The van der Waals surface area contributed by atoms with Crippen molar-refractivity contribution in [2.45, 2.75) is 40.0 Å². The molecule has 0 aliphatic rings. The highest BCUT2D eigenvalue weighted by atomic mass is 32.2. The topological polar surface area (TPSA) is 100 Å². The Bertz CT molecular complexity index is 1040. The van der Waals surface area contributed by atoms with E-state index in [1.807, 2.05) is 19.9 Å². The number of halogens is 1. The lowest BCUT2D eigenvalue weighted by atomic mass is 10.1. The van der Waals surface area contributed by atoms with Crippen LogP contribution in [0.2, 0.25) is 0 Å². The van der Waals surface area contributed by atoms with E-state index in [0.29, 0.717) is 29.3 Å². The number of benzene rings is 1. The van der Waals surface area contributed by atoms with Crippen LogP contribution < -0.4 is 15.4 Å². The summed E-state index contributed by atoms with van der Waals surface area (Å²) >= 11 is 0. The van der Waals surface area contributed by atoms with E-state index in [9.17, 15) is 17.6 Å². The van der Waals surface area contributed by atoms with Gasteiger partial charge < -0.3 is 10.6 Å². The van der Waals surface area contributed by atoms with Crippen LogP contribution in [0.5, 0.6) is 0 Å². The number of amides is 1. The highest BCUT2D eigenvalue weighted by molar-refractivity contribution is 7.92. The van der Waals surface area contributed by atoms with Gasteiger partial charge in [0.25, 0.3) is 0 Å². The standard InChI is InChI=1S/C21H27FN4O3S/c1-14(2)24-21-17(6-8-18(12-22)25-21)7-10-20(27)23-13-16-5-9-19(15(3)11-16)26-30(4,28)29/h5-11,14,26H,12-13H2,1-4H3,(H,23,27)(H,24,25)/b10-7+. The van der Waals surface area contributed by atoms with Gasteiger partial charge in [-0.15, -0.1) is 0 Å². The molecule has 0 radical (unpaired) electrons. The predicted molar refractivity (Wildman–Crippen MR) is 118 cm³/mol. The van der Waals surface area contributed by atoms with E-state index in [4.69, 9.17) is 0 Å². The predicted octanol–water partition coefficient (Wildman–Crippen LogP) is 3.38. The van der Waals surface area contributed by atoms with Gasteiger partial charge in [0.05, 0.1) is 17.6 Å². The van der Waals surface area contributed by atoms with E-state index in [-0.39, 0.29) is 11.9 Å². The fourth-order valence-corrected chi connectivity index (χ4v) is 3.30. The van der Waals surface area contributed by atoms with Crippen LogP contribution in [0.25, 0.3) is 6.08 Å². The Balaban J connectivity index is 2.02. The zero-order valence-corrected chi connectivity index (χ0v) is 18.3. The van der Waals surface area contributed by atoms with Crippen LogP contribution in [-0.4, -0.2) is 31.6 Å². The molecule has 3 N–H and O–H groups in total. The first-order chi connectivity index (χ1) is 14.1. The number of anilines is 2. The van der Waals surface area contributed by atoms with Gasteiger partial charge in [0.15, 0.2) is 0 Å². The van der Waals surface area contributed by atoms with Crippen LogP contribution in [0.3, 0.4) is 0 Å². The number of nitrogens with one attached hydrogen (secondary N) is 3. The van der Waals surface area contributed by atoms with Crippen molar-refractivity contribution in [3.8, 4) is 0 Å². The van der Waals surface area contributed by atoms with Crippen LogP contribution in [0.4, 0.5) is 15.9 Å². The molecule has 2 aromatic rings. The first kappa shape index (κ1) is 23.3. The number of carbonyl (C=O) groups excluding carboxylic acids is 1. The molecule has 0 aliphatic heterocycles. The van der Waals surface area contributed by atoms with Crippen molar-refractivity contribution in [1.29, 1.82) is 0 Å².